The Morgan fingerprint density at radius 1 is 0.562 bits per heavy atom. The molecule has 32 heavy (non-hydrogen) atoms. The number of likely N-dealkylation sites (tertiary alicyclic amines) is 2. The molecule has 5 rings (SSSR count). The number of carbonyl (C=O) groups is 2. The summed E-state index contributed by atoms with van der Waals surface area (Å²) in [6.07, 6.45) is 1.98. The maximum absolute atomic E-state index is 13.0. The van der Waals surface area contributed by atoms with Gasteiger partial charge < -0.3 is 9.80 Å². The van der Waals surface area contributed by atoms with Gasteiger partial charge in [-0.1, -0.05) is 60.7 Å². The highest BCUT2D eigenvalue weighted by molar-refractivity contribution is 5.98. The molecule has 2 saturated heterocycles. The van der Waals surface area contributed by atoms with Gasteiger partial charge in [0, 0.05) is 49.1 Å². The minimum Gasteiger partial charge on any atom is -0.338 e. The molecule has 0 N–H and O–H groups in total. The topological polar surface area (TPSA) is 40.6 Å². The van der Waals surface area contributed by atoms with Gasteiger partial charge in [0.1, 0.15) is 0 Å². The molecular formula is C28H28N2O2. The van der Waals surface area contributed by atoms with Gasteiger partial charge in [0.05, 0.1) is 0 Å². The van der Waals surface area contributed by atoms with Gasteiger partial charge >= 0.3 is 0 Å². The Kier molecular flexibility index (Phi) is 5.76. The summed E-state index contributed by atoms with van der Waals surface area (Å²) in [5.74, 6) is 0.892. The van der Waals surface area contributed by atoms with Crippen LogP contribution < -0.4 is 0 Å². The van der Waals surface area contributed by atoms with Gasteiger partial charge in [-0.25, -0.2) is 0 Å². The summed E-state index contributed by atoms with van der Waals surface area (Å²) in [7, 11) is 0. The first-order valence-corrected chi connectivity index (χ1v) is 11.5. The van der Waals surface area contributed by atoms with Crippen molar-refractivity contribution in [2.75, 3.05) is 26.2 Å². The van der Waals surface area contributed by atoms with Crippen molar-refractivity contribution in [2.24, 2.45) is 0 Å². The molecule has 2 unspecified atom stereocenters. The van der Waals surface area contributed by atoms with Crippen LogP contribution in [0, 0.1) is 0 Å². The zero-order valence-electron chi connectivity index (χ0n) is 18.2. The van der Waals surface area contributed by atoms with Crippen molar-refractivity contribution >= 4 is 11.8 Å². The number of rotatable bonds is 4. The fourth-order valence-corrected chi connectivity index (χ4v) is 5.00. The lowest BCUT2D eigenvalue weighted by Crippen LogP contribution is -2.29. The molecule has 2 amide bonds. The van der Waals surface area contributed by atoms with E-state index in [1.165, 1.54) is 11.1 Å². The van der Waals surface area contributed by atoms with Crippen LogP contribution in [0.1, 0.15) is 56.5 Å². The van der Waals surface area contributed by atoms with Gasteiger partial charge in [-0.15, -0.1) is 0 Å². The number of amides is 2. The maximum atomic E-state index is 13.0. The number of hydrogen-bond donors (Lipinski definition) is 0. The van der Waals surface area contributed by atoms with Gasteiger partial charge in [0.25, 0.3) is 11.8 Å². The van der Waals surface area contributed by atoms with E-state index in [1.807, 2.05) is 21.9 Å². The summed E-state index contributed by atoms with van der Waals surface area (Å²) >= 11 is 0. The molecule has 4 nitrogen and oxygen atoms in total. The van der Waals surface area contributed by atoms with E-state index in [0.29, 0.717) is 23.0 Å². The highest BCUT2D eigenvalue weighted by Crippen LogP contribution is 2.29. The van der Waals surface area contributed by atoms with Gasteiger partial charge in [0.2, 0.25) is 0 Å². The lowest BCUT2D eigenvalue weighted by molar-refractivity contribution is 0.0779. The minimum absolute atomic E-state index is 0.0488. The molecule has 2 heterocycles. The fraction of sp³-hybridized carbons (Fsp3) is 0.286. The smallest absolute Gasteiger partial charge is 0.253 e. The molecule has 162 valence electrons. The van der Waals surface area contributed by atoms with Crippen LogP contribution in [-0.2, 0) is 0 Å². The van der Waals surface area contributed by atoms with E-state index in [0.717, 1.165) is 39.0 Å². The molecule has 3 aromatic carbocycles. The van der Waals surface area contributed by atoms with Gasteiger partial charge in [-0.2, -0.15) is 0 Å². The Hall–Kier alpha value is -3.40. The summed E-state index contributed by atoms with van der Waals surface area (Å²) in [5, 5.41) is 0. The number of nitrogens with zero attached hydrogens (tertiary/aromatic N) is 2. The highest BCUT2D eigenvalue weighted by Gasteiger charge is 2.29. The molecule has 0 aliphatic carbocycles. The summed E-state index contributed by atoms with van der Waals surface area (Å²) in [4.78, 5) is 29.8. The lowest BCUT2D eigenvalue weighted by atomic mass is 9.99. The van der Waals surface area contributed by atoms with E-state index in [4.69, 9.17) is 0 Å². The standard InChI is InChI=1S/C28H28N2O2/c31-27(29-17-15-25(19-29)21-7-3-1-4-8-21)23-11-13-24(14-12-23)28(32)30-18-16-26(20-30)22-9-5-2-6-10-22/h1-14,25-26H,15-20H2. The van der Waals surface area contributed by atoms with E-state index in [9.17, 15) is 9.59 Å². The molecule has 3 aromatic rings. The quantitative estimate of drug-likeness (QED) is 0.595. The van der Waals surface area contributed by atoms with Crippen LogP contribution >= 0.6 is 0 Å². The van der Waals surface area contributed by atoms with Crippen molar-refractivity contribution in [3.05, 3.63) is 107 Å². The van der Waals surface area contributed by atoms with Crippen LogP contribution in [0.5, 0.6) is 0 Å². The zero-order valence-corrected chi connectivity index (χ0v) is 18.2. The largest absolute Gasteiger partial charge is 0.338 e. The molecule has 0 bridgehead atoms. The van der Waals surface area contributed by atoms with E-state index < -0.39 is 0 Å². The second kappa shape index (κ2) is 8.99. The molecule has 0 radical (unpaired) electrons. The Bertz CT molecular complexity index is 991. The van der Waals surface area contributed by atoms with Crippen molar-refractivity contribution in [3.8, 4) is 0 Å². The van der Waals surface area contributed by atoms with Gasteiger partial charge in [0.15, 0.2) is 0 Å². The summed E-state index contributed by atoms with van der Waals surface area (Å²) < 4.78 is 0. The summed E-state index contributed by atoms with van der Waals surface area (Å²) in [5.41, 5.74) is 3.89. The third-order valence-corrected chi connectivity index (χ3v) is 6.87. The minimum atomic E-state index is 0.0488. The summed E-state index contributed by atoms with van der Waals surface area (Å²) in [6.45, 7) is 3.04. The Balaban J connectivity index is 1.21. The molecule has 2 aliphatic rings. The first-order chi connectivity index (χ1) is 15.7. The second-order valence-corrected chi connectivity index (χ2v) is 8.87. The molecular weight excluding hydrogens is 396 g/mol. The first-order valence-electron chi connectivity index (χ1n) is 11.5. The van der Waals surface area contributed by atoms with Crippen molar-refractivity contribution in [2.45, 2.75) is 24.7 Å². The SMILES string of the molecule is O=C(c1ccc(C(=O)N2CCC(c3ccccc3)C2)cc1)N1CCC(c2ccccc2)C1. The average Bonchev–Trinajstić information content (AvgIpc) is 3.55. The molecule has 2 fully saturated rings. The lowest BCUT2D eigenvalue weighted by Gasteiger charge is -2.18. The van der Waals surface area contributed by atoms with E-state index in [-0.39, 0.29) is 11.8 Å². The average molecular weight is 425 g/mol. The van der Waals surface area contributed by atoms with Gasteiger partial charge in [-0.3, -0.25) is 9.59 Å². The van der Waals surface area contributed by atoms with E-state index in [1.54, 1.807) is 24.3 Å². The third kappa shape index (κ3) is 4.18. The number of benzene rings is 3. The Morgan fingerprint density at radius 2 is 0.938 bits per heavy atom. The molecule has 4 heteroatoms. The molecule has 0 saturated carbocycles. The van der Waals surface area contributed by atoms with Crippen LogP contribution in [0.3, 0.4) is 0 Å². The van der Waals surface area contributed by atoms with Crippen LogP contribution in [0.15, 0.2) is 84.9 Å². The van der Waals surface area contributed by atoms with Crippen molar-refractivity contribution in [1.82, 2.24) is 9.80 Å². The third-order valence-electron chi connectivity index (χ3n) is 6.87. The van der Waals surface area contributed by atoms with Crippen molar-refractivity contribution in [1.29, 1.82) is 0 Å². The van der Waals surface area contributed by atoms with E-state index >= 15 is 0 Å². The number of carbonyl (C=O) groups excluding carboxylic acids is 2. The highest BCUT2D eigenvalue weighted by atomic mass is 16.2. The molecule has 0 spiro atoms. The van der Waals surface area contributed by atoms with Crippen LogP contribution in [-0.4, -0.2) is 47.8 Å². The van der Waals surface area contributed by atoms with Crippen molar-refractivity contribution in [3.63, 3.8) is 0 Å². The molecule has 0 aromatic heterocycles. The Morgan fingerprint density at radius 3 is 1.31 bits per heavy atom. The molecule has 2 aliphatic heterocycles. The van der Waals surface area contributed by atoms with Gasteiger partial charge in [-0.05, 0) is 48.2 Å². The summed E-state index contributed by atoms with van der Waals surface area (Å²) in [6, 6.07) is 28.0. The van der Waals surface area contributed by atoms with Crippen LogP contribution in [0.2, 0.25) is 0 Å². The first kappa shape index (κ1) is 20.5. The monoisotopic (exact) mass is 424 g/mol. The van der Waals surface area contributed by atoms with Crippen molar-refractivity contribution < 1.29 is 9.59 Å². The van der Waals surface area contributed by atoms with E-state index in [2.05, 4.69) is 48.5 Å². The zero-order chi connectivity index (χ0) is 21.9. The molecule has 2 atom stereocenters. The van der Waals surface area contributed by atoms with Crippen LogP contribution in [0.4, 0.5) is 0 Å². The fourth-order valence-electron chi connectivity index (χ4n) is 5.00. The maximum Gasteiger partial charge on any atom is 0.253 e. The normalized spacial score (nSPS) is 20.5. The second-order valence-electron chi connectivity index (χ2n) is 8.87. The predicted octanol–water partition coefficient (Wildman–Crippen LogP) is 4.95. The number of hydrogen-bond acceptors (Lipinski definition) is 2. The van der Waals surface area contributed by atoms with Crippen LogP contribution in [0.25, 0.3) is 0 Å². The Labute approximate surface area is 189 Å². The predicted molar refractivity (Wildman–Crippen MR) is 126 cm³/mol.